The highest BCUT2D eigenvalue weighted by atomic mass is 28.4. The predicted octanol–water partition coefficient (Wildman–Crippen LogP) is 4.97. The van der Waals surface area contributed by atoms with E-state index in [9.17, 15) is 30.7 Å². The summed E-state index contributed by atoms with van der Waals surface area (Å²) in [7, 11) is -2.46. The summed E-state index contributed by atoms with van der Waals surface area (Å²) in [6.07, 6.45) is -6.09. The van der Waals surface area contributed by atoms with Crippen LogP contribution >= 0.6 is 0 Å². The zero-order valence-electron chi connectivity index (χ0n) is 13.8. The molecule has 0 rings (SSSR count). The number of rotatable bonds is 12. The van der Waals surface area contributed by atoms with Gasteiger partial charge in [-0.3, -0.25) is 0 Å². The van der Waals surface area contributed by atoms with Gasteiger partial charge < -0.3 is 13.3 Å². The van der Waals surface area contributed by atoms with Gasteiger partial charge in [0.2, 0.25) is 0 Å². The van der Waals surface area contributed by atoms with E-state index in [0.717, 1.165) is 21.3 Å². The van der Waals surface area contributed by atoms with Crippen LogP contribution in [0, 0.1) is 0 Å². The first kappa shape index (κ1) is 23.6. The van der Waals surface area contributed by atoms with Gasteiger partial charge in [0.15, 0.2) is 0 Å². The maximum atomic E-state index is 14.1. The van der Waals surface area contributed by atoms with E-state index >= 15 is 0 Å². The molecule has 0 saturated heterocycles. The number of hydrogen-bond donors (Lipinski definition) is 0. The van der Waals surface area contributed by atoms with Crippen LogP contribution < -0.4 is 0 Å². The summed E-state index contributed by atoms with van der Waals surface area (Å²) in [5.41, 5.74) is -4.62. The SMILES string of the molecule is CO[Si](OC)(OC)C(F)(F)C(F)(F)CCCCCCCC(F)(F)F. The van der Waals surface area contributed by atoms with Crippen molar-refractivity contribution >= 4 is 8.80 Å². The molecule has 0 aliphatic heterocycles. The number of alkyl halides is 7. The summed E-state index contributed by atoms with van der Waals surface area (Å²) in [4.78, 5) is 0. The Bertz CT molecular complexity index is 352. The van der Waals surface area contributed by atoms with E-state index in [1.165, 1.54) is 0 Å². The maximum absolute atomic E-state index is 14.1. The third-order valence-electron chi connectivity index (χ3n) is 3.60. The van der Waals surface area contributed by atoms with Crippen LogP contribution in [0.25, 0.3) is 0 Å². The molecule has 0 saturated carbocycles. The normalized spacial score (nSPS) is 14.2. The van der Waals surface area contributed by atoms with Gasteiger partial charge in [-0.25, -0.2) is 0 Å². The molecule has 0 bridgehead atoms. The standard InChI is InChI=1S/C13H23F7O3Si/c1-21-24(22-2,23-3)13(19,20)11(14,15)9-7-5-4-6-8-10-12(16,17)18/h4-10H2,1-3H3. The summed E-state index contributed by atoms with van der Waals surface area (Å²) >= 11 is 0. The molecular weight excluding hydrogens is 365 g/mol. The molecule has 0 N–H and O–H groups in total. The molecule has 0 fully saturated rings. The van der Waals surface area contributed by atoms with Crippen LogP contribution in [0.15, 0.2) is 0 Å². The molecule has 11 heteroatoms. The molecule has 0 unspecified atom stereocenters. The van der Waals surface area contributed by atoms with E-state index in [2.05, 4.69) is 13.3 Å². The zero-order chi connectivity index (χ0) is 19.1. The molecule has 3 nitrogen and oxygen atoms in total. The minimum atomic E-state index is -4.89. The predicted molar refractivity (Wildman–Crippen MR) is 75.0 cm³/mol. The number of unbranched alkanes of at least 4 members (excludes halogenated alkanes) is 4. The third kappa shape index (κ3) is 6.16. The minimum absolute atomic E-state index is 0.108. The third-order valence-corrected chi connectivity index (χ3v) is 6.35. The Hall–Kier alpha value is -0.393. The Morgan fingerprint density at radius 2 is 1.00 bits per heavy atom. The Kier molecular flexibility index (Phi) is 9.19. The van der Waals surface area contributed by atoms with Crippen molar-refractivity contribution in [3.05, 3.63) is 0 Å². The van der Waals surface area contributed by atoms with Crippen molar-refractivity contribution in [2.24, 2.45) is 0 Å². The quantitative estimate of drug-likeness (QED) is 0.268. The van der Waals surface area contributed by atoms with Gasteiger partial charge in [-0.2, -0.15) is 30.7 Å². The molecule has 0 heterocycles. The van der Waals surface area contributed by atoms with Gasteiger partial charge in [0.25, 0.3) is 0 Å². The largest absolute Gasteiger partial charge is 0.581 e. The van der Waals surface area contributed by atoms with Crippen molar-refractivity contribution in [3.63, 3.8) is 0 Å². The van der Waals surface area contributed by atoms with E-state index in [1.54, 1.807) is 0 Å². The lowest BCUT2D eigenvalue weighted by Crippen LogP contribution is -2.66. The fraction of sp³-hybridized carbons (Fsp3) is 1.00. The van der Waals surface area contributed by atoms with Crippen LogP contribution in [0.1, 0.15) is 44.9 Å². The lowest BCUT2D eigenvalue weighted by Gasteiger charge is -2.36. The van der Waals surface area contributed by atoms with Crippen LogP contribution in [0.4, 0.5) is 30.7 Å². The van der Waals surface area contributed by atoms with Crippen LogP contribution in [-0.2, 0) is 13.3 Å². The van der Waals surface area contributed by atoms with Gasteiger partial charge in [-0.1, -0.05) is 19.3 Å². The molecule has 0 atom stereocenters. The fourth-order valence-corrected chi connectivity index (χ4v) is 4.06. The number of hydrogen-bond acceptors (Lipinski definition) is 3. The van der Waals surface area contributed by atoms with Crippen molar-refractivity contribution in [2.45, 2.75) is 62.6 Å². The lowest BCUT2D eigenvalue weighted by molar-refractivity contribution is -0.199. The highest BCUT2D eigenvalue weighted by molar-refractivity contribution is 6.63. The first-order valence-electron chi connectivity index (χ1n) is 7.37. The topological polar surface area (TPSA) is 27.7 Å². The molecule has 0 spiro atoms. The molecule has 0 aromatic heterocycles. The zero-order valence-corrected chi connectivity index (χ0v) is 14.8. The van der Waals surface area contributed by atoms with Crippen molar-refractivity contribution in [1.29, 1.82) is 0 Å². The van der Waals surface area contributed by atoms with Gasteiger partial charge in [0.1, 0.15) is 0 Å². The average Bonchev–Trinajstić information content (AvgIpc) is 2.47. The number of halogens is 7. The first-order valence-corrected chi connectivity index (χ1v) is 9.09. The summed E-state index contributed by atoms with van der Waals surface area (Å²) in [5, 5.41) is 0. The van der Waals surface area contributed by atoms with E-state index < -0.39 is 39.3 Å². The van der Waals surface area contributed by atoms with E-state index in [1.807, 2.05) is 0 Å². The second-order valence-electron chi connectivity index (χ2n) is 5.33. The average molecular weight is 388 g/mol. The minimum Gasteiger partial charge on any atom is -0.373 e. The molecular formula is C13H23F7O3Si. The van der Waals surface area contributed by atoms with E-state index in [4.69, 9.17) is 0 Å². The monoisotopic (exact) mass is 388 g/mol. The van der Waals surface area contributed by atoms with Crippen molar-refractivity contribution < 1.29 is 44.0 Å². The van der Waals surface area contributed by atoms with Gasteiger partial charge in [0.05, 0.1) is 0 Å². The van der Waals surface area contributed by atoms with Gasteiger partial charge in [-0.15, -0.1) is 0 Å². The Morgan fingerprint density at radius 3 is 1.38 bits per heavy atom. The molecule has 24 heavy (non-hydrogen) atoms. The van der Waals surface area contributed by atoms with Crippen LogP contribution in [0.5, 0.6) is 0 Å². The highest BCUT2D eigenvalue weighted by Gasteiger charge is 2.75. The van der Waals surface area contributed by atoms with Crippen molar-refractivity contribution in [1.82, 2.24) is 0 Å². The van der Waals surface area contributed by atoms with Crippen LogP contribution in [-0.4, -0.2) is 47.8 Å². The smallest absolute Gasteiger partial charge is 0.373 e. The molecule has 146 valence electrons. The van der Waals surface area contributed by atoms with E-state index in [-0.39, 0.29) is 32.1 Å². The molecule has 0 aromatic carbocycles. The van der Waals surface area contributed by atoms with Gasteiger partial charge in [-0.05, 0) is 12.8 Å². The lowest BCUT2D eigenvalue weighted by atomic mass is 10.1. The first-order chi connectivity index (χ1) is 10.9. The Balaban J connectivity index is 4.43. The van der Waals surface area contributed by atoms with Gasteiger partial charge >= 0.3 is 26.4 Å². The van der Waals surface area contributed by atoms with Crippen molar-refractivity contribution in [3.8, 4) is 0 Å². The second kappa shape index (κ2) is 9.34. The van der Waals surface area contributed by atoms with Crippen LogP contribution in [0.3, 0.4) is 0 Å². The summed E-state index contributed by atoms with van der Waals surface area (Å²) in [6.45, 7) is 0. The summed E-state index contributed by atoms with van der Waals surface area (Å²) in [6, 6.07) is 0. The summed E-state index contributed by atoms with van der Waals surface area (Å²) < 4.78 is 105. The Morgan fingerprint density at radius 1 is 0.625 bits per heavy atom. The van der Waals surface area contributed by atoms with Crippen molar-refractivity contribution in [2.75, 3.05) is 21.3 Å². The second-order valence-corrected chi connectivity index (χ2v) is 8.30. The van der Waals surface area contributed by atoms with E-state index in [0.29, 0.717) is 0 Å². The molecule has 0 aliphatic rings. The summed E-state index contributed by atoms with van der Waals surface area (Å²) in [5.74, 6) is -4.41. The Labute approximate surface area is 137 Å². The maximum Gasteiger partial charge on any atom is 0.581 e. The molecule has 0 radical (unpaired) electrons. The molecule has 0 amide bonds. The van der Waals surface area contributed by atoms with Crippen LogP contribution in [0.2, 0.25) is 0 Å². The molecule has 0 aliphatic carbocycles. The fourth-order valence-electron chi connectivity index (χ4n) is 2.22. The molecule has 0 aromatic rings. The van der Waals surface area contributed by atoms with Gasteiger partial charge in [0, 0.05) is 34.2 Å². The highest BCUT2D eigenvalue weighted by Crippen LogP contribution is 2.45.